The van der Waals surface area contributed by atoms with Crippen LogP contribution in [0, 0.1) is 15.9 Å². The maximum absolute atomic E-state index is 13.0. The first-order valence-electron chi connectivity index (χ1n) is 5.48. The zero-order valence-electron chi connectivity index (χ0n) is 9.77. The Morgan fingerprint density at radius 3 is 2.74 bits per heavy atom. The molecule has 98 valence electrons. The molecular weight excluding hydrogens is 315 g/mol. The number of nitrogens with one attached hydrogen (secondary N) is 1. The molecule has 0 aliphatic rings. The number of nitro groups is 1. The molecule has 0 saturated heterocycles. The number of nitro benzene ring substituents is 1. The third-order valence-corrected chi connectivity index (χ3v) is 2.93. The van der Waals surface area contributed by atoms with E-state index in [1.165, 1.54) is 24.3 Å². The summed E-state index contributed by atoms with van der Waals surface area (Å²) in [6.07, 6.45) is 0. The SMILES string of the molecule is O=[N+]([O-])c1cc(Br)cc(CNc2cccc(F)c2)c1. The molecule has 0 heterocycles. The Morgan fingerprint density at radius 2 is 2.05 bits per heavy atom. The molecule has 0 fully saturated rings. The first-order chi connectivity index (χ1) is 9.04. The molecule has 4 nitrogen and oxygen atoms in total. The van der Waals surface area contributed by atoms with Crippen molar-refractivity contribution in [1.82, 2.24) is 0 Å². The smallest absolute Gasteiger partial charge is 0.270 e. The minimum atomic E-state index is -0.448. The Hall–Kier alpha value is -1.95. The minimum Gasteiger partial charge on any atom is -0.381 e. The van der Waals surface area contributed by atoms with Crippen LogP contribution in [0.25, 0.3) is 0 Å². The number of halogens is 2. The van der Waals surface area contributed by atoms with Gasteiger partial charge < -0.3 is 5.32 Å². The second kappa shape index (κ2) is 5.79. The summed E-state index contributed by atoms with van der Waals surface area (Å²) in [7, 11) is 0. The summed E-state index contributed by atoms with van der Waals surface area (Å²) < 4.78 is 13.6. The van der Waals surface area contributed by atoms with E-state index in [0.29, 0.717) is 16.7 Å². The van der Waals surface area contributed by atoms with Gasteiger partial charge in [-0.05, 0) is 29.8 Å². The average molecular weight is 325 g/mol. The van der Waals surface area contributed by atoms with Crippen molar-refractivity contribution in [2.24, 2.45) is 0 Å². The molecule has 0 amide bonds. The predicted octanol–water partition coefficient (Wildman–Crippen LogP) is 4.11. The zero-order chi connectivity index (χ0) is 13.8. The Labute approximate surface area is 117 Å². The van der Waals surface area contributed by atoms with E-state index in [4.69, 9.17) is 0 Å². The number of nitrogens with zero attached hydrogens (tertiary/aromatic N) is 1. The van der Waals surface area contributed by atoms with Crippen LogP contribution in [0.15, 0.2) is 46.9 Å². The summed E-state index contributed by atoms with van der Waals surface area (Å²) in [5.74, 6) is -0.328. The lowest BCUT2D eigenvalue weighted by Crippen LogP contribution is -2.00. The minimum absolute atomic E-state index is 0.0189. The molecule has 0 aliphatic carbocycles. The van der Waals surface area contributed by atoms with E-state index in [1.54, 1.807) is 18.2 Å². The molecular formula is C13H10BrFN2O2. The van der Waals surface area contributed by atoms with Gasteiger partial charge in [-0.3, -0.25) is 10.1 Å². The van der Waals surface area contributed by atoms with E-state index < -0.39 is 4.92 Å². The van der Waals surface area contributed by atoms with Gasteiger partial charge in [0.15, 0.2) is 0 Å². The summed E-state index contributed by atoms with van der Waals surface area (Å²) in [4.78, 5) is 10.3. The molecule has 1 N–H and O–H groups in total. The van der Waals surface area contributed by atoms with E-state index in [9.17, 15) is 14.5 Å². The van der Waals surface area contributed by atoms with Crippen LogP contribution in [-0.4, -0.2) is 4.92 Å². The van der Waals surface area contributed by atoms with Crippen molar-refractivity contribution in [3.8, 4) is 0 Å². The van der Waals surface area contributed by atoms with E-state index in [2.05, 4.69) is 21.2 Å². The number of rotatable bonds is 4. The van der Waals surface area contributed by atoms with Crippen LogP contribution in [-0.2, 0) is 6.54 Å². The first kappa shape index (κ1) is 13.5. The van der Waals surface area contributed by atoms with E-state index >= 15 is 0 Å². The molecule has 2 aromatic carbocycles. The quantitative estimate of drug-likeness (QED) is 0.680. The molecule has 6 heteroatoms. The van der Waals surface area contributed by atoms with Gasteiger partial charge in [-0.2, -0.15) is 0 Å². The highest BCUT2D eigenvalue weighted by atomic mass is 79.9. The van der Waals surface area contributed by atoms with Gasteiger partial charge in [-0.25, -0.2) is 4.39 Å². The number of hydrogen-bond donors (Lipinski definition) is 1. The highest BCUT2D eigenvalue weighted by Crippen LogP contribution is 2.22. The second-order valence-corrected chi connectivity index (χ2v) is 4.85. The number of hydrogen-bond acceptors (Lipinski definition) is 3. The monoisotopic (exact) mass is 324 g/mol. The zero-order valence-corrected chi connectivity index (χ0v) is 11.4. The van der Waals surface area contributed by atoms with E-state index in [-0.39, 0.29) is 11.5 Å². The van der Waals surface area contributed by atoms with Crippen molar-refractivity contribution in [1.29, 1.82) is 0 Å². The standard InChI is InChI=1S/C13H10BrFN2O2/c14-10-4-9(5-13(6-10)17(18)19)8-16-12-3-1-2-11(15)7-12/h1-7,16H,8H2. The summed E-state index contributed by atoms with van der Waals surface area (Å²) in [5, 5.41) is 13.8. The predicted molar refractivity (Wildman–Crippen MR) is 74.5 cm³/mol. The Bertz CT molecular complexity index is 619. The fourth-order valence-corrected chi connectivity index (χ4v) is 2.17. The Kier molecular flexibility index (Phi) is 4.11. The van der Waals surface area contributed by atoms with Crippen LogP contribution in [0.5, 0.6) is 0 Å². The van der Waals surface area contributed by atoms with E-state index in [0.717, 1.165) is 5.56 Å². The molecule has 0 aromatic heterocycles. The van der Waals surface area contributed by atoms with E-state index in [1.807, 2.05) is 0 Å². The molecule has 2 aromatic rings. The van der Waals surface area contributed by atoms with Gasteiger partial charge in [0.25, 0.3) is 5.69 Å². The van der Waals surface area contributed by atoms with Gasteiger partial charge >= 0.3 is 0 Å². The fourth-order valence-electron chi connectivity index (χ4n) is 1.64. The summed E-state index contributed by atoms with van der Waals surface area (Å²) in [5.41, 5.74) is 1.39. The lowest BCUT2D eigenvalue weighted by atomic mass is 10.2. The molecule has 0 spiro atoms. The number of benzene rings is 2. The lowest BCUT2D eigenvalue weighted by molar-refractivity contribution is -0.385. The highest BCUT2D eigenvalue weighted by Gasteiger charge is 2.08. The van der Waals surface area contributed by atoms with Crippen LogP contribution >= 0.6 is 15.9 Å². The van der Waals surface area contributed by atoms with Gasteiger partial charge in [-0.15, -0.1) is 0 Å². The van der Waals surface area contributed by atoms with Gasteiger partial charge in [0.2, 0.25) is 0 Å². The lowest BCUT2D eigenvalue weighted by Gasteiger charge is -2.07. The van der Waals surface area contributed by atoms with Gasteiger partial charge in [-0.1, -0.05) is 22.0 Å². The van der Waals surface area contributed by atoms with Crippen LogP contribution in [0.4, 0.5) is 15.8 Å². The third kappa shape index (κ3) is 3.75. The fraction of sp³-hybridized carbons (Fsp3) is 0.0769. The largest absolute Gasteiger partial charge is 0.381 e. The van der Waals surface area contributed by atoms with Gasteiger partial charge in [0.05, 0.1) is 4.92 Å². The maximum atomic E-state index is 13.0. The van der Waals surface area contributed by atoms with Crippen molar-refractivity contribution in [3.05, 3.63) is 68.4 Å². The third-order valence-electron chi connectivity index (χ3n) is 2.47. The molecule has 0 saturated carbocycles. The molecule has 19 heavy (non-hydrogen) atoms. The Morgan fingerprint density at radius 1 is 1.26 bits per heavy atom. The van der Waals surface area contributed by atoms with Crippen LogP contribution in [0.2, 0.25) is 0 Å². The van der Waals surface area contributed by atoms with Gasteiger partial charge in [0.1, 0.15) is 5.82 Å². The molecule has 0 atom stereocenters. The molecule has 0 aliphatic heterocycles. The van der Waals surface area contributed by atoms with Crippen molar-refractivity contribution < 1.29 is 9.31 Å². The van der Waals surface area contributed by atoms with Crippen molar-refractivity contribution >= 4 is 27.3 Å². The van der Waals surface area contributed by atoms with Crippen molar-refractivity contribution in [2.45, 2.75) is 6.54 Å². The summed E-state index contributed by atoms with van der Waals surface area (Å²) in [6, 6.07) is 10.8. The summed E-state index contributed by atoms with van der Waals surface area (Å²) >= 11 is 3.23. The number of anilines is 1. The van der Waals surface area contributed by atoms with Crippen LogP contribution in [0.1, 0.15) is 5.56 Å². The molecule has 2 rings (SSSR count). The van der Waals surface area contributed by atoms with Crippen LogP contribution < -0.4 is 5.32 Å². The highest BCUT2D eigenvalue weighted by molar-refractivity contribution is 9.10. The Balaban J connectivity index is 2.13. The second-order valence-electron chi connectivity index (χ2n) is 3.94. The molecule has 0 bridgehead atoms. The average Bonchev–Trinajstić information content (AvgIpc) is 2.36. The molecule has 0 radical (unpaired) electrons. The summed E-state index contributed by atoms with van der Waals surface area (Å²) in [6.45, 7) is 0.379. The topological polar surface area (TPSA) is 55.2 Å². The van der Waals surface area contributed by atoms with Gasteiger partial charge in [0, 0.05) is 28.8 Å². The van der Waals surface area contributed by atoms with Crippen molar-refractivity contribution in [2.75, 3.05) is 5.32 Å². The molecule has 0 unspecified atom stereocenters. The van der Waals surface area contributed by atoms with Crippen LogP contribution in [0.3, 0.4) is 0 Å². The maximum Gasteiger partial charge on any atom is 0.270 e. The first-order valence-corrected chi connectivity index (χ1v) is 6.27. The number of non-ortho nitro benzene ring substituents is 1. The normalized spacial score (nSPS) is 10.2. The van der Waals surface area contributed by atoms with Crippen molar-refractivity contribution in [3.63, 3.8) is 0 Å².